The molecular formula is C17H20N2O. The van der Waals surface area contributed by atoms with Crippen molar-refractivity contribution in [2.45, 2.75) is 25.0 Å². The molecule has 3 N–H and O–H groups in total. The molecule has 0 aliphatic carbocycles. The first-order valence-corrected chi connectivity index (χ1v) is 7.08. The van der Waals surface area contributed by atoms with E-state index in [2.05, 4.69) is 54.0 Å². The van der Waals surface area contributed by atoms with Gasteiger partial charge in [-0.2, -0.15) is 0 Å². The lowest BCUT2D eigenvalue weighted by Crippen LogP contribution is -2.43. The lowest BCUT2D eigenvalue weighted by atomic mass is 9.90. The van der Waals surface area contributed by atoms with Crippen molar-refractivity contribution >= 4 is 0 Å². The van der Waals surface area contributed by atoms with E-state index < -0.39 is 0 Å². The van der Waals surface area contributed by atoms with Crippen molar-refractivity contribution in [2.75, 3.05) is 6.61 Å². The summed E-state index contributed by atoms with van der Waals surface area (Å²) in [4.78, 5) is 0. The molecule has 2 atom stereocenters. The van der Waals surface area contributed by atoms with Crippen LogP contribution >= 0.6 is 0 Å². The van der Waals surface area contributed by atoms with E-state index >= 15 is 0 Å². The van der Waals surface area contributed by atoms with Crippen molar-refractivity contribution in [3.05, 3.63) is 71.3 Å². The summed E-state index contributed by atoms with van der Waals surface area (Å²) in [6, 6.07) is 18.9. The maximum atomic E-state index is 5.99. The highest BCUT2D eigenvalue weighted by atomic mass is 16.5. The fourth-order valence-corrected chi connectivity index (χ4v) is 2.88. The number of ether oxygens (including phenoxy) is 1. The fourth-order valence-electron chi connectivity index (χ4n) is 2.88. The molecule has 3 rings (SSSR count). The first kappa shape index (κ1) is 13.3. The average molecular weight is 268 g/mol. The van der Waals surface area contributed by atoms with Crippen molar-refractivity contribution in [3.63, 3.8) is 0 Å². The molecule has 0 fully saturated rings. The Morgan fingerprint density at radius 2 is 1.85 bits per heavy atom. The van der Waals surface area contributed by atoms with Crippen LogP contribution in [0.3, 0.4) is 0 Å². The summed E-state index contributed by atoms with van der Waals surface area (Å²) in [5.74, 6) is 5.78. The Bertz CT molecular complexity index is 556. The van der Waals surface area contributed by atoms with Gasteiger partial charge in [-0.1, -0.05) is 54.6 Å². The van der Waals surface area contributed by atoms with Crippen molar-refractivity contribution in [1.29, 1.82) is 0 Å². The standard InChI is InChI=1S/C17H20N2O/c18-19-16(12-13-6-2-1-3-7-13)17-15-9-5-4-8-14(15)10-11-20-17/h1-9,16-17,19H,10-12,18H2. The monoisotopic (exact) mass is 268 g/mol. The molecule has 2 aromatic carbocycles. The predicted octanol–water partition coefficient (Wildman–Crippen LogP) is 2.38. The number of rotatable bonds is 4. The molecular weight excluding hydrogens is 248 g/mol. The van der Waals surface area contributed by atoms with E-state index in [4.69, 9.17) is 10.6 Å². The highest BCUT2D eigenvalue weighted by molar-refractivity contribution is 5.32. The molecule has 0 spiro atoms. The van der Waals surface area contributed by atoms with Crippen LogP contribution in [0.4, 0.5) is 0 Å². The molecule has 0 saturated heterocycles. The fraction of sp³-hybridized carbons (Fsp3) is 0.294. The van der Waals surface area contributed by atoms with Crippen LogP contribution < -0.4 is 11.3 Å². The third kappa shape index (κ3) is 2.75. The van der Waals surface area contributed by atoms with E-state index in [1.165, 1.54) is 16.7 Å². The smallest absolute Gasteiger partial charge is 0.0997 e. The number of hydrogen-bond donors (Lipinski definition) is 2. The van der Waals surface area contributed by atoms with Gasteiger partial charge in [-0.05, 0) is 29.5 Å². The van der Waals surface area contributed by atoms with Crippen LogP contribution in [0.25, 0.3) is 0 Å². The van der Waals surface area contributed by atoms with Crippen LogP contribution in [0, 0.1) is 0 Å². The molecule has 104 valence electrons. The summed E-state index contributed by atoms with van der Waals surface area (Å²) in [5.41, 5.74) is 6.84. The summed E-state index contributed by atoms with van der Waals surface area (Å²) in [7, 11) is 0. The molecule has 2 unspecified atom stereocenters. The second kappa shape index (κ2) is 6.18. The zero-order valence-corrected chi connectivity index (χ0v) is 11.5. The van der Waals surface area contributed by atoms with Crippen molar-refractivity contribution in [3.8, 4) is 0 Å². The zero-order valence-electron chi connectivity index (χ0n) is 11.5. The molecule has 0 amide bonds. The molecule has 0 aromatic heterocycles. The highest BCUT2D eigenvalue weighted by Gasteiger charge is 2.28. The van der Waals surface area contributed by atoms with Gasteiger partial charge in [-0.25, -0.2) is 0 Å². The normalized spacial score (nSPS) is 19.4. The molecule has 3 heteroatoms. The van der Waals surface area contributed by atoms with E-state index in [1.54, 1.807) is 0 Å². The van der Waals surface area contributed by atoms with Gasteiger partial charge in [-0.15, -0.1) is 0 Å². The molecule has 0 saturated carbocycles. The van der Waals surface area contributed by atoms with Gasteiger partial charge in [0.05, 0.1) is 18.8 Å². The molecule has 1 aliphatic heterocycles. The highest BCUT2D eigenvalue weighted by Crippen LogP contribution is 2.30. The summed E-state index contributed by atoms with van der Waals surface area (Å²) in [6.07, 6.45) is 1.86. The van der Waals surface area contributed by atoms with Crippen molar-refractivity contribution in [2.24, 2.45) is 5.84 Å². The molecule has 1 heterocycles. The zero-order chi connectivity index (χ0) is 13.8. The minimum atomic E-state index is 0.0187. The van der Waals surface area contributed by atoms with E-state index in [1.807, 2.05) is 6.07 Å². The summed E-state index contributed by atoms with van der Waals surface area (Å²) >= 11 is 0. The first-order valence-electron chi connectivity index (χ1n) is 7.08. The Balaban J connectivity index is 1.84. The Hall–Kier alpha value is -1.68. The minimum Gasteiger partial charge on any atom is -0.371 e. The Labute approximate surface area is 119 Å². The number of benzene rings is 2. The number of nitrogens with one attached hydrogen (secondary N) is 1. The van der Waals surface area contributed by atoms with Crippen LogP contribution in [-0.4, -0.2) is 12.6 Å². The first-order chi connectivity index (χ1) is 9.88. The second-order valence-electron chi connectivity index (χ2n) is 5.20. The third-order valence-electron chi connectivity index (χ3n) is 3.91. The Morgan fingerprint density at radius 1 is 1.10 bits per heavy atom. The largest absolute Gasteiger partial charge is 0.371 e. The van der Waals surface area contributed by atoms with Gasteiger partial charge in [0.25, 0.3) is 0 Å². The third-order valence-corrected chi connectivity index (χ3v) is 3.91. The van der Waals surface area contributed by atoms with Gasteiger partial charge >= 0.3 is 0 Å². The molecule has 1 aliphatic rings. The molecule has 20 heavy (non-hydrogen) atoms. The number of hydrogen-bond acceptors (Lipinski definition) is 3. The van der Waals surface area contributed by atoms with Crippen LogP contribution in [0.2, 0.25) is 0 Å². The Kier molecular flexibility index (Phi) is 4.11. The number of hydrazine groups is 1. The van der Waals surface area contributed by atoms with Crippen molar-refractivity contribution < 1.29 is 4.74 Å². The lowest BCUT2D eigenvalue weighted by Gasteiger charge is -2.32. The van der Waals surface area contributed by atoms with Crippen LogP contribution in [-0.2, 0) is 17.6 Å². The quantitative estimate of drug-likeness (QED) is 0.661. The van der Waals surface area contributed by atoms with Gasteiger partial charge in [0, 0.05) is 0 Å². The van der Waals surface area contributed by atoms with E-state index in [0.29, 0.717) is 0 Å². The SMILES string of the molecule is NNC(Cc1ccccc1)C1OCCc2ccccc21. The minimum absolute atomic E-state index is 0.0187. The summed E-state index contributed by atoms with van der Waals surface area (Å²) in [5, 5.41) is 0. The van der Waals surface area contributed by atoms with Gasteiger partial charge in [0.15, 0.2) is 0 Å². The lowest BCUT2D eigenvalue weighted by molar-refractivity contribution is 0.0154. The van der Waals surface area contributed by atoms with Gasteiger partial charge < -0.3 is 4.74 Å². The van der Waals surface area contributed by atoms with Gasteiger partial charge in [0.2, 0.25) is 0 Å². The van der Waals surface area contributed by atoms with E-state index in [0.717, 1.165) is 19.4 Å². The maximum absolute atomic E-state index is 5.99. The van der Waals surface area contributed by atoms with E-state index in [9.17, 15) is 0 Å². The summed E-state index contributed by atoms with van der Waals surface area (Å²) < 4.78 is 5.99. The second-order valence-corrected chi connectivity index (χ2v) is 5.20. The average Bonchev–Trinajstić information content (AvgIpc) is 2.53. The molecule has 0 radical (unpaired) electrons. The van der Waals surface area contributed by atoms with Crippen LogP contribution in [0.15, 0.2) is 54.6 Å². The maximum Gasteiger partial charge on any atom is 0.0997 e. The number of nitrogens with two attached hydrogens (primary N) is 1. The van der Waals surface area contributed by atoms with Crippen LogP contribution in [0.5, 0.6) is 0 Å². The van der Waals surface area contributed by atoms with Crippen molar-refractivity contribution in [1.82, 2.24) is 5.43 Å². The van der Waals surface area contributed by atoms with Crippen LogP contribution in [0.1, 0.15) is 22.8 Å². The predicted molar refractivity (Wildman–Crippen MR) is 80.1 cm³/mol. The van der Waals surface area contributed by atoms with Gasteiger partial charge in [0.1, 0.15) is 0 Å². The topological polar surface area (TPSA) is 47.3 Å². The van der Waals surface area contributed by atoms with Gasteiger partial charge in [-0.3, -0.25) is 11.3 Å². The number of fused-ring (bicyclic) bond motifs is 1. The van der Waals surface area contributed by atoms with E-state index in [-0.39, 0.29) is 12.1 Å². The molecule has 0 bridgehead atoms. The molecule has 3 nitrogen and oxygen atoms in total. The summed E-state index contributed by atoms with van der Waals surface area (Å²) in [6.45, 7) is 0.759. The molecule has 2 aromatic rings. The Morgan fingerprint density at radius 3 is 2.65 bits per heavy atom.